The maximum atomic E-state index is 12.4. The minimum absolute atomic E-state index is 0.128. The molecular weight excluding hydrogens is 288 g/mol. The second kappa shape index (κ2) is 6.85. The van der Waals surface area contributed by atoms with Crippen molar-refractivity contribution < 1.29 is 9.90 Å². The van der Waals surface area contributed by atoms with Gasteiger partial charge in [-0.1, -0.05) is 32.6 Å². The van der Waals surface area contributed by atoms with Crippen LogP contribution < -0.4 is 5.56 Å². The zero-order chi connectivity index (χ0) is 15.4. The SMILES string of the molecule is CCCCCCCn1cnc2sc(C(=O)O)c(C)c2c1=O. The van der Waals surface area contributed by atoms with Gasteiger partial charge in [0.05, 0.1) is 11.7 Å². The van der Waals surface area contributed by atoms with Gasteiger partial charge in [-0.25, -0.2) is 9.78 Å². The largest absolute Gasteiger partial charge is 0.477 e. The summed E-state index contributed by atoms with van der Waals surface area (Å²) >= 11 is 1.07. The Balaban J connectivity index is 2.23. The number of aromatic carboxylic acids is 1. The van der Waals surface area contributed by atoms with E-state index in [4.69, 9.17) is 5.11 Å². The van der Waals surface area contributed by atoms with E-state index in [1.54, 1.807) is 11.5 Å². The first-order chi connectivity index (χ1) is 10.1. The molecule has 114 valence electrons. The van der Waals surface area contributed by atoms with Crippen LogP contribution in [0, 0.1) is 6.92 Å². The summed E-state index contributed by atoms with van der Waals surface area (Å²) in [7, 11) is 0. The van der Waals surface area contributed by atoms with Crippen LogP contribution in [0.5, 0.6) is 0 Å². The van der Waals surface area contributed by atoms with Crippen molar-refractivity contribution in [2.45, 2.75) is 52.5 Å². The standard InChI is InChI=1S/C15H20N2O3S/c1-3-4-5-6-7-8-17-9-16-13-11(14(17)18)10(2)12(21-13)15(19)20/h9H,3-8H2,1-2H3,(H,19,20). The Kier molecular flexibility index (Phi) is 5.12. The number of carbonyl (C=O) groups is 1. The average molecular weight is 308 g/mol. The van der Waals surface area contributed by atoms with E-state index in [2.05, 4.69) is 11.9 Å². The zero-order valence-electron chi connectivity index (χ0n) is 12.4. The maximum absolute atomic E-state index is 12.4. The van der Waals surface area contributed by atoms with E-state index in [0.717, 1.165) is 24.2 Å². The van der Waals surface area contributed by atoms with E-state index < -0.39 is 5.97 Å². The molecule has 0 fully saturated rings. The summed E-state index contributed by atoms with van der Waals surface area (Å²) in [6, 6.07) is 0. The predicted octanol–water partition coefficient (Wildman–Crippen LogP) is 3.44. The van der Waals surface area contributed by atoms with Gasteiger partial charge in [0.25, 0.3) is 5.56 Å². The number of aromatic nitrogens is 2. The Bertz CT molecular complexity index is 703. The molecule has 2 aromatic heterocycles. The van der Waals surface area contributed by atoms with E-state index in [1.807, 2.05) is 0 Å². The lowest BCUT2D eigenvalue weighted by Crippen LogP contribution is -2.20. The Labute approximate surface area is 127 Å². The summed E-state index contributed by atoms with van der Waals surface area (Å²) in [5, 5.41) is 9.58. The van der Waals surface area contributed by atoms with Gasteiger partial charge in [-0.15, -0.1) is 11.3 Å². The summed E-state index contributed by atoms with van der Waals surface area (Å²) in [6.45, 7) is 4.49. The average Bonchev–Trinajstić information content (AvgIpc) is 2.79. The van der Waals surface area contributed by atoms with Crippen LogP contribution in [0.25, 0.3) is 10.2 Å². The number of unbranched alkanes of at least 4 members (excludes halogenated alkanes) is 4. The molecular formula is C15H20N2O3S. The van der Waals surface area contributed by atoms with Gasteiger partial charge in [0.15, 0.2) is 0 Å². The number of nitrogens with zero attached hydrogens (tertiary/aromatic N) is 2. The van der Waals surface area contributed by atoms with Gasteiger partial charge < -0.3 is 5.11 Å². The third-order valence-corrected chi connectivity index (χ3v) is 4.80. The predicted molar refractivity (Wildman–Crippen MR) is 84.3 cm³/mol. The Morgan fingerprint density at radius 1 is 1.33 bits per heavy atom. The van der Waals surface area contributed by atoms with E-state index >= 15 is 0 Å². The molecule has 0 spiro atoms. The number of hydrogen-bond donors (Lipinski definition) is 1. The second-order valence-corrected chi connectivity index (χ2v) is 6.20. The molecule has 5 nitrogen and oxygen atoms in total. The van der Waals surface area contributed by atoms with Crippen LogP contribution in [0.2, 0.25) is 0 Å². The molecule has 0 aliphatic carbocycles. The molecule has 2 heterocycles. The van der Waals surface area contributed by atoms with Gasteiger partial charge in [0.1, 0.15) is 9.71 Å². The molecule has 0 saturated carbocycles. The van der Waals surface area contributed by atoms with E-state index in [0.29, 0.717) is 22.3 Å². The number of carboxylic acid groups (broad SMARTS) is 1. The van der Waals surface area contributed by atoms with Crippen LogP contribution in [-0.4, -0.2) is 20.6 Å². The van der Waals surface area contributed by atoms with Crippen molar-refractivity contribution in [3.8, 4) is 0 Å². The van der Waals surface area contributed by atoms with Crippen molar-refractivity contribution in [3.63, 3.8) is 0 Å². The normalized spacial score (nSPS) is 11.1. The van der Waals surface area contributed by atoms with Crippen LogP contribution in [0.3, 0.4) is 0 Å². The highest BCUT2D eigenvalue weighted by atomic mass is 32.1. The molecule has 0 radical (unpaired) electrons. The second-order valence-electron chi connectivity index (χ2n) is 5.20. The minimum atomic E-state index is -0.999. The molecule has 0 bridgehead atoms. The fraction of sp³-hybridized carbons (Fsp3) is 0.533. The molecule has 0 saturated heterocycles. The van der Waals surface area contributed by atoms with E-state index in [9.17, 15) is 9.59 Å². The molecule has 2 aromatic rings. The number of hydrogen-bond acceptors (Lipinski definition) is 4. The molecule has 0 aliphatic rings. The smallest absolute Gasteiger partial charge is 0.346 e. The number of carboxylic acids is 1. The maximum Gasteiger partial charge on any atom is 0.346 e. The fourth-order valence-corrected chi connectivity index (χ4v) is 3.39. The summed E-state index contributed by atoms with van der Waals surface area (Å²) in [6.07, 6.45) is 7.17. The first-order valence-corrected chi connectivity index (χ1v) is 8.09. The van der Waals surface area contributed by atoms with Crippen molar-refractivity contribution in [1.29, 1.82) is 0 Å². The molecule has 1 N–H and O–H groups in total. The van der Waals surface area contributed by atoms with Crippen LogP contribution in [0.4, 0.5) is 0 Å². The molecule has 0 atom stereocenters. The van der Waals surface area contributed by atoms with Crippen LogP contribution in [-0.2, 0) is 6.54 Å². The number of fused-ring (bicyclic) bond motifs is 1. The van der Waals surface area contributed by atoms with Gasteiger partial charge >= 0.3 is 5.97 Å². The minimum Gasteiger partial charge on any atom is -0.477 e. The van der Waals surface area contributed by atoms with E-state index in [1.165, 1.54) is 25.6 Å². The van der Waals surface area contributed by atoms with Crippen molar-refractivity contribution in [3.05, 3.63) is 27.1 Å². The molecule has 21 heavy (non-hydrogen) atoms. The highest BCUT2D eigenvalue weighted by Gasteiger charge is 2.18. The van der Waals surface area contributed by atoms with Crippen LogP contribution >= 0.6 is 11.3 Å². The van der Waals surface area contributed by atoms with Crippen molar-refractivity contribution >= 4 is 27.5 Å². The van der Waals surface area contributed by atoms with Gasteiger partial charge in [-0.3, -0.25) is 9.36 Å². The lowest BCUT2D eigenvalue weighted by Gasteiger charge is -2.05. The fourth-order valence-electron chi connectivity index (χ4n) is 2.41. The third-order valence-electron chi connectivity index (χ3n) is 3.61. The molecule has 2 rings (SSSR count). The Hall–Kier alpha value is -1.69. The van der Waals surface area contributed by atoms with Gasteiger partial charge in [0.2, 0.25) is 0 Å². The van der Waals surface area contributed by atoms with Gasteiger partial charge in [-0.2, -0.15) is 0 Å². The van der Waals surface area contributed by atoms with Crippen molar-refractivity contribution in [1.82, 2.24) is 9.55 Å². The van der Waals surface area contributed by atoms with Gasteiger partial charge in [-0.05, 0) is 18.9 Å². The highest BCUT2D eigenvalue weighted by molar-refractivity contribution is 7.20. The Morgan fingerprint density at radius 3 is 2.71 bits per heavy atom. The lowest BCUT2D eigenvalue weighted by molar-refractivity contribution is 0.0701. The number of rotatable bonds is 7. The lowest BCUT2D eigenvalue weighted by atomic mass is 10.1. The topological polar surface area (TPSA) is 72.2 Å². The molecule has 0 unspecified atom stereocenters. The highest BCUT2D eigenvalue weighted by Crippen LogP contribution is 2.26. The van der Waals surface area contributed by atoms with Crippen LogP contribution in [0.1, 0.15) is 54.3 Å². The summed E-state index contributed by atoms with van der Waals surface area (Å²) in [5.74, 6) is -0.999. The van der Waals surface area contributed by atoms with Crippen molar-refractivity contribution in [2.75, 3.05) is 0 Å². The summed E-state index contributed by atoms with van der Waals surface area (Å²) in [4.78, 5) is 28.5. The van der Waals surface area contributed by atoms with Crippen LogP contribution in [0.15, 0.2) is 11.1 Å². The molecule has 0 aliphatic heterocycles. The van der Waals surface area contributed by atoms with E-state index in [-0.39, 0.29) is 10.4 Å². The first-order valence-electron chi connectivity index (χ1n) is 7.28. The molecule has 0 amide bonds. The molecule has 6 heteroatoms. The third kappa shape index (κ3) is 3.32. The number of aryl methyl sites for hydroxylation is 2. The molecule has 0 aromatic carbocycles. The van der Waals surface area contributed by atoms with Crippen molar-refractivity contribution in [2.24, 2.45) is 0 Å². The first kappa shape index (κ1) is 15.7. The number of thiophene rings is 1. The van der Waals surface area contributed by atoms with Gasteiger partial charge in [0, 0.05) is 6.54 Å². The summed E-state index contributed by atoms with van der Waals surface area (Å²) < 4.78 is 1.60. The zero-order valence-corrected chi connectivity index (χ0v) is 13.2. The summed E-state index contributed by atoms with van der Waals surface area (Å²) in [5.41, 5.74) is 0.400. The quantitative estimate of drug-likeness (QED) is 0.795. The Morgan fingerprint density at radius 2 is 2.05 bits per heavy atom. The monoisotopic (exact) mass is 308 g/mol.